The van der Waals surface area contributed by atoms with Crippen molar-refractivity contribution in [2.45, 2.75) is 63.3 Å². The number of carbonyl (C=O) groups is 2. The second kappa shape index (κ2) is 12.7. The lowest BCUT2D eigenvalue weighted by Crippen LogP contribution is -2.51. The highest BCUT2D eigenvalue weighted by Gasteiger charge is 2.29. The van der Waals surface area contributed by atoms with Gasteiger partial charge in [0.15, 0.2) is 0 Å². The van der Waals surface area contributed by atoms with Gasteiger partial charge in [0, 0.05) is 30.7 Å². The summed E-state index contributed by atoms with van der Waals surface area (Å²) in [5.41, 5.74) is 2.72. The molecule has 1 saturated heterocycles. The number of unbranched alkanes of at least 4 members (excludes halogenated alkanes) is 1. The first-order valence-electron chi connectivity index (χ1n) is 11.9. The van der Waals surface area contributed by atoms with Gasteiger partial charge in [0.25, 0.3) is 0 Å². The molecule has 1 fully saturated rings. The highest BCUT2D eigenvalue weighted by Crippen LogP contribution is 2.24. The molecular formula is C27H36N2O2S. The second-order valence-electron chi connectivity index (χ2n) is 8.77. The minimum atomic E-state index is -0.483. The maximum absolute atomic E-state index is 13.2. The van der Waals surface area contributed by atoms with Crippen LogP contribution in [0, 0.1) is 5.92 Å². The van der Waals surface area contributed by atoms with E-state index in [1.54, 1.807) is 11.8 Å². The lowest BCUT2D eigenvalue weighted by atomic mass is 9.90. The fraction of sp³-hybridized carbons (Fsp3) is 0.481. The van der Waals surface area contributed by atoms with Gasteiger partial charge in [-0.25, -0.2) is 0 Å². The molecule has 0 bridgehead atoms. The zero-order valence-electron chi connectivity index (χ0n) is 19.4. The average molecular weight is 453 g/mol. The Morgan fingerprint density at radius 1 is 1.03 bits per heavy atom. The van der Waals surface area contributed by atoms with Crippen LogP contribution in [0.15, 0.2) is 59.5 Å². The number of aryl methyl sites for hydroxylation is 1. The summed E-state index contributed by atoms with van der Waals surface area (Å²) in [5.74, 6) is 1.06. The van der Waals surface area contributed by atoms with Crippen molar-refractivity contribution in [2.24, 2.45) is 5.92 Å². The van der Waals surface area contributed by atoms with E-state index >= 15 is 0 Å². The van der Waals surface area contributed by atoms with Crippen molar-refractivity contribution >= 4 is 23.6 Å². The molecule has 4 nitrogen and oxygen atoms in total. The van der Waals surface area contributed by atoms with Crippen LogP contribution in [-0.2, 0) is 22.4 Å². The van der Waals surface area contributed by atoms with E-state index in [1.165, 1.54) is 30.9 Å². The van der Waals surface area contributed by atoms with Gasteiger partial charge in [-0.15, -0.1) is 11.8 Å². The molecule has 2 aromatic carbocycles. The Morgan fingerprint density at radius 2 is 1.72 bits per heavy atom. The zero-order valence-corrected chi connectivity index (χ0v) is 20.2. The molecule has 32 heavy (non-hydrogen) atoms. The number of likely N-dealkylation sites (tertiary alicyclic amines) is 1. The first kappa shape index (κ1) is 24.4. The van der Waals surface area contributed by atoms with Gasteiger partial charge in [-0.1, -0.05) is 55.8 Å². The molecular weight excluding hydrogens is 416 g/mol. The van der Waals surface area contributed by atoms with Crippen molar-refractivity contribution in [2.75, 3.05) is 18.8 Å². The Hall–Kier alpha value is -2.27. The molecule has 1 heterocycles. The molecule has 0 radical (unpaired) electrons. The lowest BCUT2D eigenvalue weighted by Gasteiger charge is -2.34. The fourth-order valence-electron chi connectivity index (χ4n) is 4.26. The molecule has 3 rings (SSSR count). The highest BCUT2D eigenvalue weighted by molar-refractivity contribution is 7.99. The summed E-state index contributed by atoms with van der Waals surface area (Å²) >= 11 is 1.64. The fourth-order valence-corrected chi connectivity index (χ4v) is 5.17. The number of nitrogens with one attached hydrogen (secondary N) is 1. The van der Waals surface area contributed by atoms with E-state index in [9.17, 15) is 9.59 Å². The van der Waals surface area contributed by atoms with E-state index in [4.69, 9.17) is 0 Å². The molecule has 1 aliphatic heterocycles. The van der Waals surface area contributed by atoms with E-state index < -0.39 is 6.04 Å². The van der Waals surface area contributed by atoms with Crippen molar-refractivity contribution in [3.05, 3.63) is 65.7 Å². The molecule has 0 aromatic heterocycles. The number of carbonyl (C=O) groups excluding carboxylic acids is 2. The number of thioether (sulfide) groups is 1. The zero-order chi connectivity index (χ0) is 22.8. The van der Waals surface area contributed by atoms with Crippen molar-refractivity contribution in [3.63, 3.8) is 0 Å². The number of rotatable bonds is 10. The van der Waals surface area contributed by atoms with E-state index in [2.05, 4.69) is 60.8 Å². The number of piperidine rings is 1. The molecule has 5 heteroatoms. The lowest BCUT2D eigenvalue weighted by molar-refractivity contribution is -0.136. The minimum Gasteiger partial charge on any atom is -0.344 e. The second-order valence-corrected chi connectivity index (χ2v) is 9.86. The SMILES string of the molecule is CCCCc1ccc(SCC(NC(C)=O)C(=O)N2CCC(Cc3ccccc3)CC2)cc1. The van der Waals surface area contributed by atoms with Crippen LogP contribution in [0.2, 0.25) is 0 Å². The van der Waals surface area contributed by atoms with Gasteiger partial charge >= 0.3 is 0 Å². The smallest absolute Gasteiger partial charge is 0.246 e. The standard InChI is InChI=1S/C27H36N2O2S/c1-3-4-8-22-11-13-25(14-12-22)32-20-26(28-21(2)30)27(31)29-17-15-24(16-18-29)19-23-9-6-5-7-10-23/h5-7,9-14,24,26H,3-4,8,15-20H2,1-2H3,(H,28,30). The predicted octanol–water partition coefficient (Wildman–Crippen LogP) is 5.11. The van der Waals surface area contributed by atoms with E-state index in [0.717, 1.165) is 43.7 Å². The first-order valence-corrected chi connectivity index (χ1v) is 12.8. The summed E-state index contributed by atoms with van der Waals surface area (Å²) in [4.78, 5) is 28.0. The summed E-state index contributed by atoms with van der Waals surface area (Å²) in [6, 6.07) is 18.7. The Kier molecular flexibility index (Phi) is 9.66. The van der Waals surface area contributed by atoms with Crippen LogP contribution in [0.25, 0.3) is 0 Å². The third-order valence-corrected chi connectivity index (χ3v) is 7.23. The van der Waals surface area contributed by atoms with Gasteiger partial charge in [-0.2, -0.15) is 0 Å². The maximum Gasteiger partial charge on any atom is 0.246 e. The topological polar surface area (TPSA) is 49.4 Å². The first-order chi connectivity index (χ1) is 15.5. The molecule has 2 amide bonds. The van der Waals surface area contributed by atoms with Crippen LogP contribution in [0.3, 0.4) is 0 Å². The van der Waals surface area contributed by atoms with Gasteiger partial charge in [0.2, 0.25) is 11.8 Å². The number of hydrogen-bond acceptors (Lipinski definition) is 3. The predicted molar refractivity (Wildman–Crippen MR) is 133 cm³/mol. The van der Waals surface area contributed by atoms with Gasteiger partial charge in [0.1, 0.15) is 6.04 Å². The summed E-state index contributed by atoms with van der Waals surface area (Å²) in [6.07, 6.45) is 6.60. The van der Waals surface area contributed by atoms with Gasteiger partial charge in [0.05, 0.1) is 0 Å². The third kappa shape index (κ3) is 7.70. The molecule has 172 valence electrons. The summed E-state index contributed by atoms with van der Waals surface area (Å²) in [7, 11) is 0. The average Bonchev–Trinajstić information content (AvgIpc) is 2.81. The maximum atomic E-state index is 13.2. The molecule has 1 N–H and O–H groups in total. The molecule has 1 aliphatic rings. The van der Waals surface area contributed by atoms with Gasteiger partial charge in [-0.05, 0) is 61.3 Å². The number of hydrogen-bond donors (Lipinski definition) is 1. The van der Waals surface area contributed by atoms with Crippen LogP contribution < -0.4 is 5.32 Å². The minimum absolute atomic E-state index is 0.0467. The molecule has 1 atom stereocenters. The molecule has 0 spiro atoms. The molecule has 0 saturated carbocycles. The Morgan fingerprint density at radius 3 is 2.34 bits per heavy atom. The summed E-state index contributed by atoms with van der Waals surface area (Å²) in [6.45, 7) is 5.22. The number of benzene rings is 2. The van der Waals surface area contributed by atoms with E-state index in [0.29, 0.717) is 11.7 Å². The van der Waals surface area contributed by atoms with E-state index in [-0.39, 0.29) is 11.8 Å². The van der Waals surface area contributed by atoms with Gasteiger partial charge in [-0.3, -0.25) is 9.59 Å². The van der Waals surface area contributed by atoms with Crippen LogP contribution in [-0.4, -0.2) is 41.6 Å². The summed E-state index contributed by atoms with van der Waals surface area (Å²) in [5, 5.41) is 2.89. The van der Waals surface area contributed by atoms with Crippen molar-refractivity contribution in [1.82, 2.24) is 10.2 Å². The largest absolute Gasteiger partial charge is 0.344 e. The highest BCUT2D eigenvalue weighted by atomic mass is 32.2. The normalized spacial score (nSPS) is 15.4. The number of amides is 2. The van der Waals surface area contributed by atoms with Crippen LogP contribution in [0.5, 0.6) is 0 Å². The summed E-state index contributed by atoms with van der Waals surface area (Å²) < 4.78 is 0. The van der Waals surface area contributed by atoms with Crippen molar-refractivity contribution < 1.29 is 9.59 Å². The Balaban J connectivity index is 1.51. The van der Waals surface area contributed by atoms with Crippen LogP contribution in [0.4, 0.5) is 0 Å². The monoisotopic (exact) mass is 452 g/mol. The van der Waals surface area contributed by atoms with Crippen LogP contribution >= 0.6 is 11.8 Å². The van der Waals surface area contributed by atoms with E-state index in [1.807, 2.05) is 11.0 Å². The third-order valence-electron chi connectivity index (χ3n) is 6.13. The van der Waals surface area contributed by atoms with Crippen molar-refractivity contribution in [3.8, 4) is 0 Å². The van der Waals surface area contributed by atoms with Gasteiger partial charge < -0.3 is 10.2 Å². The molecule has 1 unspecified atom stereocenters. The number of nitrogens with zero attached hydrogens (tertiary/aromatic N) is 1. The Labute approximate surface area is 197 Å². The Bertz CT molecular complexity index is 846. The van der Waals surface area contributed by atoms with Crippen molar-refractivity contribution in [1.29, 1.82) is 0 Å². The molecule has 2 aromatic rings. The quantitative estimate of drug-likeness (QED) is 0.510. The molecule has 0 aliphatic carbocycles. The van der Waals surface area contributed by atoms with Crippen LogP contribution in [0.1, 0.15) is 50.7 Å².